The van der Waals surface area contributed by atoms with Crippen molar-refractivity contribution in [2.75, 3.05) is 19.7 Å². The van der Waals surface area contributed by atoms with Gasteiger partial charge in [0.2, 0.25) is 0 Å². The lowest BCUT2D eigenvalue weighted by atomic mass is 10.0. The van der Waals surface area contributed by atoms with Gasteiger partial charge in [0, 0.05) is 23.1 Å². The number of ether oxygens (including phenoxy) is 2. The van der Waals surface area contributed by atoms with Gasteiger partial charge in [0.15, 0.2) is 11.5 Å². The molecule has 166 valence electrons. The highest BCUT2D eigenvalue weighted by molar-refractivity contribution is 9.10. The first kappa shape index (κ1) is 23.6. The highest BCUT2D eigenvalue weighted by Crippen LogP contribution is 2.35. The molecule has 2 aromatic carbocycles. The molecule has 1 aliphatic rings. The van der Waals surface area contributed by atoms with Gasteiger partial charge in [-0.25, -0.2) is 0 Å². The van der Waals surface area contributed by atoms with Gasteiger partial charge in [-0.2, -0.15) is 5.26 Å². The fourth-order valence-electron chi connectivity index (χ4n) is 3.64. The third-order valence-electron chi connectivity index (χ3n) is 5.17. The van der Waals surface area contributed by atoms with Crippen molar-refractivity contribution in [3.63, 3.8) is 0 Å². The minimum Gasteiger partial charge on any atom is -0.490 e. The maximum Gasteiger partial charge on any atom is 0.264 e. The third-order valence-corrected chi connectivity index (χ3v) is 5.70. The zero-order valence-electron chi connectivity index (χ0n) is 18.3. The van der Waals surface area contributed by atoms with E-state index < -0.39 is 0 Å². The zero-order valence-corrected chi connectivity index (χ0v) is 19.9. The molecule has 1 aliphatic heterocycles. The lowest BCUT2D eigenvalue weighted by Gasteiger charge is -2.17. The molecule has 0 unspecified atom stereocenters. The first-order valence-corrected chi connectivity index (χ1v) is 11.5. The van der Waals surface area contributed by atoms with E-state index >= 15 is 0 Å². The number of nitriles is 1. The minimum atomic E-state index is -0.219. The molecule has 2 aromatic rings. The quantitative estimate of drug-likeness (QED) is 0.255. The van der Waals surface area contributed by atoms with Crippen LogP contribution >= 0.6 is 15.9 Å². The summed E-state index contributed by atoms with van der Waals surface area (Å²) in [6.07, 6.45) is 5.96. The van der Waals surface area contributed by atoms with Gasteiger partial charge in [-0.05, 0) is 67.7 Å². The second-order valence-corrected chi connectivity index (χ2v) is 8.43. The van der Waals surface area contributed by atoms with Crippen LogP contribution in [0, 0.1) is 11.3 Å². The highest BCUT2D eigenvalue weighted by Gasteiger charge is 2.22. The van der Waals surface area contributed by atoms with Gasteiger partial charge in [-0.1, -0.05) is 34.1 Å². The number of likely N-dealkylation sites (tertiary alicyclic amines) is 1. The van der Waals surface area contributed by atoms with Crippen LogP contribution in [0.2, 0.25) is 0 Å². The molecular formula is C26H27BrN2O3. The molecule has 0 aliphatic carbocycles. The summed E-state index contributed by atoms with van der Waals surface area (Å²) in [5.74, 6) is 1.01. The molecule has 1 heterocycles. The number of carbonyl (C=O) groups is 1. The Balaban J connectivity index is 1.93. The summed E-state index contributed by atoms with van der Waals surface area (Å²) < 4.78 is 13.0. The number of hydrogen-bond acceptors (Lipinski definition) is 4. The molecule has 32 heavy (non-hydrogen) atoms. The van der Waals surface area contributed by atoms with E-state index in [9.17, 15) is 10.1 Å². The molecule has 3 rings (SSSR count). The monoisotopic (exact) mass is 494 g/mol. The van der Waals surface area contributed by atoms with Crippen molar-refractivity contribution < 1.29 is 14.3 Å². The van der Waals surface area contributed by atoms with Crippen molar-refractivity contribution in [1.82, 2.24) is 4.90 Å². The predicted octanol–water partition coefficient (Wildman–Crippen LogP) is 5.68. The molecule has 5 nitrogen and oxygen atoms in total. The van der Waals surface area contributed by atoms with Gasteiger partial charge < -0.3 is 14.4 Å². The molecule has 6 heteroatoms. The molecule has 1 saturated heterocycles. The molecule has 0 atom stereocenters. The van der Waals surface area contributed by atoms with E-state index in [0.29, 0.717) is 44.2 Å². The number of amides is 1. The Kier molecular flexibility index (Phi) is 8.52. The Labute approximate surface area is 198 Å². The van der Waals surface area contributed by atoms with Crippen molar-refractivity contribution in [1.29, 1.82) is 5.26 Å². The lowest BCUT2D eigenvalue weighted by molar-refractivity contribution is -0.125. The van der Waals surface area contributed by atoms with Crippen molar-refractivity contribution in [2.24, 2.45) is 0 Å². The topological polar surface area (TPSA) is 62.6 Å². The summed E-state index contributed by atoms with van der Waals surface area (Å²) in [5.41, 5.74) is 2.78. The van der Waals surface area contributed by atoms with Crippen LogP contribution in [0.15, 0.2) is 59.1 Å². The summed E-state index contributed by atoms with van der Waals surface area (Å²) in [7, 11) is 0. The molecular weight excluding hydrogens is 468 g/mol. The number of allylic oxidation sites excluding steroid dienone is 1. The summed E-state index contributed by atoms with van der Waals surface area (Å²) in [4.78, 5) is 14.4. The van der Waals surface area contributed by atoms with Crippen molar-refractivity contribution in [2.45, 2.75) is 32.8 Å². The number of rotatable bonds is 9. The minimum absolute atomic E-state index is 0.127. The van der Waals surface area contributed by atoms with Gasteiger partial charge in [-0.3, -0.25) is 4.79 Å². The van der Waals surface area contributed by atoms with E-state index in [-0.39, 0.29) is 11.5 Å². The molecule has 1 amide bonds. The molecule has 0 aromatic heterocycles. The van der Waals surface area contributed by atoms with Gasteiger partial charge >= 0.3 is 0 Å². The number of carbonyl (C=O) groups excluding carboxylic acids is 1. The van der Waals surface area contributed by atoms with E-state index in [0.717, 1.165) is 34.0 Å². The van der Waals surface area contributed by atoms with Crippen LogP contribution in [-0.2, 0) is 17.8 Å². The average molecular weight is 495 g/mol. The predicted molar refractivity (Wildman–Crippen MR) is 129 cm³/mol. The normalized spacial score (nSPS) is 13.5. The maximum atomic E-state index is 12.7. The Bertz CT molecular complexity index is 1030. The van der Waals surface area contributed by atoms with Crippen LogP contribution in [0.1, 0.15) is 36.5 Å². The fourth-order valence-corrected chi connectivity index (χ4v) is 3.90. The van der Waals surface area contributed by atoms with E-state index in [1.165, 1.54) is 0 Å². The smallest absolute Gasteiger partial charge is 0.264 e. The van der Waals surface area contributed by atoms with Crippen molar-refractivity contribution in [3.8, 4) is 17.6 Å². The average Bonchev–Trinajstić information content (AvgIpc) is 3.33. The van der Waals surface area contributed by atoms with Gasteiger partial charge in [0.05, 0.1) is 6.61 Å². The number of hydrogen-bond donors (Lipinski definition) is 0. The van der Waals surface area contributed by atoms with Crippen LogP contribution in [0.5, 0.6) is 11.5 Å². The Morgan fingerprint density at radius 3 is 2.56 bits per heavy atom. The second-order valence-electron chi connectivity index (χ2n) is 7.52. The SMILES string of the molecule is C=CCc1cc(/C=C(\C#N)C(=O)N2CCCC2)cc(OCC)c1OCc1ccc(Br)cc1. The Morgan fingerprint density at radius 2 is 1.94 bits per heavy atom. The maximum absolute atomic E-state index is 12.7. The van der Waals surface area contributed by atoms with Gasteiger partial charge in [0.25, 0.3) is 5.91 Å². The van der Waals surface area contributed by atoms with Crippen LogP contribution in [0.4, 0.5) is 0 Å². The molecule has 0 bridgehead atoms. The molecule has 0 N–H and O–H groups in total. The van der Waals surface area contributed by atoms with Crippen LogP contribution < -0.4 is 9.47 Å². The van der Waals surface area contributed by atoms with E-state index in [4.69, 9.17) is 9.47 Å². The van der Waals surface area contributed by atoms with Gasteiger partial charge in [-0.15, -0.1) is 6.58 Å². The van der Waals surface area contributed by atoms with Gasteiger partial charge in [0.1, 0.15) is 18.2 Å². The largest absolute Gasteiger partial charge is 0.490 e. The highest BCUT2D eigenvalue weighted by atomic mass is 79.9. The Hall–Kier alpha value is -3.04. The van der Waals surface area contributed by atoms with Crippen molar-refractivity contribution >= 4 is 27.9 Å². The van der Waals surface area contributed by atoms with E-state index in [2.05, 4.69) is 28.6 Å². The first-order chi connectivity index (χ1) is 15.5. The molecule has 0 spiro atoms. The van der Waals surface area contributed by atoms with Crippen LogP contribution in [0.25, 0.3) is 6.08 Å². The Morgan fingerprint density at radius 1 is 1.22 bits per heavy atom. The summed E-state index contributed by atoms with van der Waals surface area (Å²) in [5, 5.41) is 9.61. The fraction of sp³-hybridized carbons (Fsp3) is 0.308. The summed E-state index contributed by atoms with van der Waals surface area (Å²) in [6, 6.07) is 13.8. The third kappa shape index (κ3) is 6.02. The standard InChI is InChI=1S/C26H27BrN2O3/c1-3-7-21-14-20(15-22(17-28)26(30)29-12-5-6-13-29)16-24(31-4-2)25(21)32-18-19-8-10-23(27)11-9-19/h3,8-11,14-16H,1,4-7,12-13,18H2,2H3/b22-15+. The van der Waals surface area contributed by atoms with E-state index in [1.54, 1.807) is 17.1 Å². The lowest BCUT2D eigenvalue weighted by Crippen LogP contribution is -2.28. The first-order valence-electron chi connectivity index (χ1n) is 10.7. The van der Waals surface area contributed by atoms with Crippen LogP contribution in [0.3, 0.4) is 0 Å². The summed E-state index contributed by atoms with van der Waals surface area (Å²) in [6.45, 7) is 8.03. The molecule has 0 saturated carbocycles. The number of benzene rings is 2. The zero-order chi connectivity index (χ0) is 22.9. The van der Waals surface area contributed by atoms with E-state index in [1.807, 2.05) is 43.3 Å². The second kappa shape index (κ2) is 11.5. The van der Waals surface area contributed by atoms with Crippen LogP contribution in [-0.4, -0.2) is 30.5 Å². The number of nitrogens with zero attached hydrogens (tertiary/aromatic N) is 2. The number of halogens is 1. The molecule has 0 radical (unpaired) electrons. The van der Waals surface area contributed by atoms with Crippen molar-refractivity contribution in [3.05, 3.63) is 75.8 Å². The molecule has 1 fully saturated rings. The summed E-state index contributed by atoms with van der Waals surface area (Å²) >= 11 is 3.44.